The van der Waals surface area contributed by atoms with Crippen LogP contribution in [0.5, 0.6) is 0 Å². The first-order valence-corrected chi connectivity index (χ1v) is 9.65. The highest BCUT2D eigenvalue weighted by molar-refractivity contribution is 8.13. The van der Waals surface area contributed by atoms with Crippen molar-refractivity contribution in [3.8, 4) is 0 Å². The van der Waals surface area contributed by atoms with Gasteiger partial charge in [0.1, 0.15) is 10.6 Å². The van der Waals surface area contributed by atoms with Crippen LogP contribution in [0.4, 0.5) is 0 Å². The zero-order valence-electron chi connectivity index (χ0n) is 12.1. The molecule has 1 aromatic heterocycles. The number of rotatable bonds is 4. The van der Waals surface area contributed by atoms with E-state index in [-0.39, 0.29) is 16.5 Å². The second kappa shape index (κ2) is 6.83. The van der Waals surface area contributed by atoms with Gasteiger partial charge in [0.15, 0.2) is 0 Å². The van der Waals surface area contributed by atoms with Crippen LogP contribution in [-0.4, -0.2) is 37.3 Å². The number of halogens is 1. The molecule has 1 aromatic rings. The fourth-order valence-corrected chi connectivity index (χ4v) is 3.60. The third kappa shape index (κ3) is 4.23. The lowest BCUT2D eigenvalue weighted by molar-refractivity contribution is 0.0754. The van der Waals surface area contributed by atoms with Gasteiger partial charge in [-0.25, -0.2) is 8.42 Å². The van der Waals surface area contributed by atoms with Gasteiger partial charge >= 0.3 is 0 Å². The number of amides is 1. The van der Waals surface area contributed by atoms with Crippen LogP contribution in [0.2, 0.25) is 0 Å². The van der Waals surface area contributed by atoms with E-state index in [4.69, 9.17) is 10.7 Å². The Morgan fingerprint density at radius 2 is 2.19 bits per heavy atom. The van der Waals surface area contributed by atoms with Crippen LogP contribution in [0.1, 0.15) is 49.5 Å². The van der Waals surface area contributed by atoms with Gasteiger partial charge < -0.3 is 9.88 Å². The number of carbonyl (C=O) groups excluding carboxylic acids is 1. The molecule has 2 rings (SSSR count). The fraction of sp³-hybridized carbons (Fsp3) is 0.643. The molecule has 0 bridgehead atoms. The summed E-state index contributed by atoms with van der Waals surface area (Å²) in [4.78, 5) is 16.9. The SMILES string of the molecule is CCCC1CCCN(C(=O)c2cc(S(=O)(=O)Cl)c[nH]2)CC1. The molecule has 1 fully saturated rings. The van der Waals surface area contributed by atoms with Crippen molar-refractivity contribution in [1.29, 1.82) is 0 Å². The maximum Gasteiger partial charge on any atom is 0.270 e. The maximum atomic E-state index is 12.4. The number of carbonyl (C=O) groups is 1. The molecule has 0 aromatic carbocycles. The molecular formula is C14H21ClN2O3S. The van der Waals surface area contributed by atoms with Gasteiger partial charge in [-0.05, 0) is 31.2 Å². The molecule has 1 amide bonds. The molecule has 0 saturated carbocycles. The second-order valence-electron chi connectivity index (χ2n) is 5.56. The highest BCUT2D eigenvalue weighted by Gasteiger charge is 2.23. The number of H-pyrrole nitrogens is 1. The monoisotopic (exact) mass is 332 g/mol. The zero-order valence-corrected chi connectivity index (χ0v) is 13.7. The van der Waals surface area contributed by atoms with E-state index in [1.807, 2.05) is 0 Å². The molecule has 1 aliphatic heterocycles. The van der Waals surface area contributed by atoms with Gasteiger partial charge in [-0.15, -0.1) is 0 Å². The Balaban J connectivity index is 2.04. The smallest absolute Gasteiger partial charge is 0.270 e. The first kappa shape index (κ1) is 16.4. The first-order valence-electron chi connectivity index (χ1n) is 7.34. The maximum absolute atomic E-state index is 12.4. The van der Waals surface area contributed by atoms with E-state index in [2.05, 4.69) is 11.9 Å². The summed E-state index contributed by atoms with van der Waals surface area (Å²) < 4.78 is 22.5. The number of likely N-dealkylation sites (tertiary alicyclic amines) is 1. The van der Waals surface area contributed by atoms with Crippen molar-refractivity contribution in [1.82, 2.24) is 9.88 Å². The largest absolute Gasteiger partial charge is 0.356 e. The molecule has 0 spiro atoms. The number of aromatic amines is 1. The van der Waals surface area contributed by atoms with Gasteiger partial charge in [-0.3, -0.25) is 4.79 Å². The van der Waals surface area contributed by atoms with Gasteiger partial charge in [-0.2, -0.15) is 0 Å². The molecule has 1 N–H and O–H groups in total. The Morgan fingerprint density at radius 1 is 1.43 bits per heavy atom. The topological polar surface area (TPSA) is 70.2 Å². The van der Waals surface area contributed by atoms with Crippen LogP contribution in [0, 0.1) is 5.92 Å². The third-order valence-electron chi connectivity index (χ3n) is 4.00. The number of nitrogens with one attached hydrogen (secondary N) is 1. The van der Waals surface area contributed by atoms with Crippen molar-refractivity contribution in [2.75, 3.05) is 13.1 Å². The first-order chi connectivity index (χ1) is 9.91. The van der Waals surface area contributed by atoms with Crippen LogP contribution >= 0.6 is 10.7 Å². The summed E-state index contributed by atoms with van der Waals surface area (Å²) in [5, 5.41) is 0. The average molecular weight is 333 g/mol. The summed E-state index contributed by atoms with van der Waals surface area (Å²) in [5.74, 6) is 0.536. The lowest BCUT2D eigenvalue weighted by Crippen LogP contribution is -2.32. The molecule has 0 radical (unpaired) electrons. The molecule has 118 valence electrons. The Kier molecular flexibility index (Phi) is 5.32. The van der Waals surface area contributed by atoms with Gasteiger partial charge in [-0.1, -0.05) is 19.8 Å². The molecule has 0 aliphatic carbocycles. The van der Waals surface area contributed by atoms with E-state index in [9.17, 15) is 13.2 Å². The molecule has 21 heavy (non-hydrogen) atoms. The number of aromatic nitrogens is 1. The lowest BCUT2D eigenvalue weighted by Gasteiger charge is -2.19. The van der Waals surface area contributed by atoms with Crippen molar-refractivity contribution < 1.29 is 13.2 Å². The molecule has 1 unspecified atom stereocenters. The standard InChI is InChI=1S/C14H21ClN2O3S/c1-2-4-11-5-3-7-17(8-6-11)14(18)13-9-12(10-16-13)21(15,19)20/h9-11,16H,2-8H2,1H3. The normalized spacial score (nSPS) is 20.3. The molecule has 1 atom stereocenters. The summed E-state index contributed by atoms with van der Waals surface area (Å²) in [6.45, 7) is 3.63. The zero-order chi connectivity index (χ0) is 15.5. The van der Waals surface area contributed by atoms with Crippen LogP contribution in [-0.2, 0) is 9.05 Å². The Morgan fingerprint density at radius 3 is 2.81 bits per heavy atom. The lowest BCUT2D eigenvalue weighted by atomic mass is 9.96. The van der Waals surface area contributed by atoms with Crippen molar-refractivity contribution in [3.63, 3.8) is 0 Å². The predicted molar refractivity (Wildman–Crippen MR) is 82.0 cm³/mol. The van der Waals surface area contributed by atoms with Crippen molar-refractivity contribution in [3.05, 3.63) is 18.0 Å². The average Bonchev–Trinajstić information content (AvgIpc) is 2.81. The minimum Gasteiger partial charge on any atom is -0.356 e. The highest BCUT2D eigenvalue weighted by Crippen LogP contribution is 2.23. The van der Waals surface area contributed by atoms with Crippen molar-refractivity contribution in [2.45, 2.75) is 43.9 Å². The van der Waals surface area contributed by atoms with Crippen LogP contribution in [0.15, 0.2) is 17.2 Å². The predicted octanol–water partition coefficient (Wildman–Crippen LogP) is 2.98. The molecule has 5 nitrogen and oxygen atoms in total. The van der Waals surface area contributed by atoms with E-state index in [1.165, 1.54) is 25.1 Å². The fourth-order valence-electron chi connectivity index (χ4n) is 2.87. The molecule has 1 aliphatic rings. The summed E-state index contributed by atoms with van der Waals surface area (Å²) in [5.41, 5.74) is 0.281. The quantitative estimate of drug-likeness (QED) is 0.862. The van der Waals surface area contributed by atoms with Gasteiger partial charge in [0, 0.05) is 30.0 Å². The van der Waals surface area contributed by atoms with E-state index < -0.39 is 9.05 Å². The molecular weight excluding hydrogens is 312 g/mol. The Labute approximate surface area is 130 Å². The minimum absolute atomic E-state index is 0.0637. The summed E-state index contributed by atoms with van der Waals surface area (Å²) in [6, 6.07) is 1.30. The summed E-state index contributed by atoms with van der Waals surface area (Å²) >= 11 is 0. The molecule has 2 heterocycles. The van der Waals surface area contributed by atoms with Crippen molar-refractivity contribution >= 4 is 25.6 Å². The van der Waals surface area contributed by atoms with Gasteiger partial charge in [0.25, 0.3) is 15.0 Å². The Bertz CT molecular complexity index is 597. The number of nitrogens with zero attached hydrogens (tertiary/aromatic N) is 1. The molecule has 7 heteroatoms. The number of hydrogen-bond acceptors (Lipinski definition) is 3. The van der Waals surface area contributed by atoms with E-state index in [0.29, 0.717) is 5.92 Å². The minimum atomic E-state index is -3.80. The van der Waals surface area contributed by atoms with E-state index in [1.54, 1.807) is 4.90 Å². The van der Waals surface area contributed by atoms with Gasteiger partial charge in [0.2, 0.25) is 0 Å². The second-order valence-corrected chi connectivity index (χ2v) is 8.13. The summed E-state index contributed by atoms with van der Waals surface area (Å²) in [7, 11) is 1.47. The summed E-state index contributed by atoms with van der Waals surface area (Å²) in [6.07, 6.45) is 6.81. The van der Waals surface area contributed by atoms with Crippen molar-refractivity contribution in [2.24, 2.45) is 5.92 Å². The van der Waals surface area contributed by atoms with E-state index >= 15 is 0 Å². The van der Waals surface area contributed by atoms with Crippen LogP contribution in [0.3, 0.4) is 0 Å². The van der Waals surface area contributed by atoms with Gasteiger partial charge in [0.05, 0.1) is 0 Å². The highest BCUT2D eigenvalue weighted by atomic mass is 35.7. The number of hydrogen-bond donors (Lipinski definition) is 1. The van der Waals surface area contributed by atoms with Crippen LogP contribution in [0.25, 0.3) is 0 Å². The Hall–Kier alpha value is -1.01. The third-order valence-corrected chi connectivity index (χ3v) is 5.33. The molecule has 1 saturated heterocycles. The van der Waals surface area contributed by atoms with Crippen LogP contribution < -0.4 is 0 Å². The van der Waals surface area contributed by atoms with E-state index in [0.717, 1.165) is 32.4 Å².